The molecule has 7 nitrogen and oxygen atoms in total. The quantitative estimate of drug-likeness (QED) is 0.187. The fourth-order valence-corrected chi connectivity index (χ4v) is 5.16. The van der Waals surface area contributed by atoms with Gasteiger partial charge in [-0.15, -0.1) is 0 Å². The van der Waals surface area contributed by atoms with E-state index in [9.17, 15) is 9.59 Å². The predicted octanol–water partition coefficient (Wildman–Crippen LogP) is 6.11. The lowest BCUT2D eigenvalue weighted by molar-refractivity contribution is 0.0952. The van der Waals surface area contributed by atoms with Crippen LogP contribution in [-0.4, -0.2) is 29.8 Å². The van der Waals surface area contributed by atoms with Crippen molar-refractivity contribution in [2.75, 3.05) is 18.5 Å². The van der Waals surface area contributed by atoms with Crippen LogP contribution >= 0.6 is 11.3 Å². The molecule has 0 spiro atoms. The zero-order chi connectivity index (χ0) is 27.2. The second-order valence-corrected chi connectivity index (χ2v) is 10.8. The Kier molecular flexibility index (Phi) is 8.34. The van der Waals surface area contributed by atoms with Crippen molar-refractivity contribution in [3.8, 4) is 17.0 Å². The number of Topliss-reactive ketones (excluding diaryl/α,β-unsaturated/α-hetero) is 1. The van der Waals surface area contributed by atoms with E-state index in [1.54, 1.807) is 0 Å². The molecule has 4 N–H and O–H groups in total. The summed E-state index contributed by atoms with van der Waals surface area (Å²) in [6.45, 7) is 3.19. The first-order chi connectivity index (χ1) is 19.0. The molecule has 1 aliphatic carbocycles. The van der Waals surface area contributed by atoms with Crippen molar-refractivity contribution in [2.45, 2.75) is 32.7 Å². The van der Waals surface area contributed by atoms with E-state index in [1.165, 1.54) is 11.3 Å². The average Bonchev–Trinajstić information content (AvgIpc) is 3.67. The average molecular weight is 541 g/mol. The Bertz CT molecular complexity index is 1460. The number of anilines is 2. The summed E-state index contributed by atoms with van der Waals surface area (Å²) in [4.78, 5) is 31.4. The van der Waals surface area contributed by atoms with Gasteiger partial charge in [0.1, 0.15) is 17.2 Å². The third-order valence-electron chi connectivity index (χ3n) is 6.60. The van der Waals surface area contributed by atoms with Gasteiger partial charge in [-0.2, -0.15) is 0 Å². The van der Waals surface area contributed by atoms with E-state index in [4.69, 9.17) is 15.5 Å². The maximum Gasteiger partial charge on any atom is 0.264 e. The number of nitrogens with two attached hydrogens (primary N) is 1. The molecule has 1 fully saturated rings. The number of ketones is 1. The van der Waals surface area contributed by atoms with Crippen molar-refractivity contribution >= 4 is 33.8 Å². The molecule has 1 aliphatic rings. The summed E-state index contributed by atoms with van der Waals surface area (Å²) in [6.07, 6.45) is 2.87. The van der Waals surface area contributed by atoms with Gasteiger partial charge in [0.2, 0.25) is 0 Å². The maximum absolute atomic E-state index is 13.4. The summed E-state index contributed by atoms with van der Waals surface area (Å²) >= 11 is 1.28. The largest absolute Gasteiger partial charge is 0.492 e. The lowest BCUT2D eigenvalue weighted by Crippen LogP contribution is -2.22. The number of nitrogens with zero attached hydrogens (tertiary/aromatic N) is 1. The van der Waals surface area contributed by atoms with E-state index in [0.29, 0.717) is 59.1 Å². The third kappa shape index (κ3) is 6.90. The Labute approximate surface area is 232 Å². The number of aryl methyl sites for hydroxylation is 1. The number of thiazole rings is 1. The molecule has 8 heteroatoms. The first-order valence-electron chi connectivity index (χ1n) is 13.2. The minimum Gasteiger partial charge on any atom is -0.492 e. The second-order valence-electron chi connectivity index (χ2n) is 9.76. The molecule has 4 aromatic rings. The first kappa shape index (κ1) is 26.6. The van der Waals surface area contributed by atoms with Crippen molar-refractivity contribution in [3.63, 3.8) is 0 Å². The standard InChI is InChI=1S/C31H32N4O3S/c1-20-10-13-23(27(36)16-21-11-12-21)18-26(20)34-31-35-28(24-8-5-9-25(17-24)38-15-14-32)29(39-31)30(37)33-19-22-6-3-2-4-7-22/h2-10,13,17-18,21H,11-12,14-16,19,32H2,1H3,(H,33,37)(H,34,35). The van der Waals surface area contributed by atoms with Crippen LogP contribution in [0.5, 0.6) is 5.75 Å². The highest BCUT2D eigenvalue weighted by Crippen LogP contribution is 2.36. The number of aromatic nitrogens is 1. The lowest BCUT2D eigenvalue weighted by atomic mass is 10.0. The molecule has 0 bridgehead atoms. The van der Waals surface area contributed by atoms with Crippen molar-refractivity contribution in [1.82, 2.24) is 10.3 Å². The molecule has 5 rings (SSSR count). The zero-order valence-electron chi connectivity index (χ0n) is 21.9. The molecule has 1 heterocycles. The summed E-state index contributed by atoms with van der Waals surface area (Å²) < 4.78 is 5.71. The molecular weight excluding hydrogens is 508 g/mol. The molecule has 200 valence electrons. The number of hydrogen-bond acceptors (Lipinski definition) is 7. The van der Waals surface area contributed by atoms with Gasteiger partial charge in [0.25, 0.3) is 5.91 Å². The van der Waals surface area contributed by atoms with Crippen LogP contribution in [0.1, 0.15) is 50.4 Å². The number of nitrogens with one attached hydrogen (secondary N) is 2. The van der Waals surface area contributed by atoms with Crippen molar-refractivity contribution in [3.05, 3.63) is 94.4 Å². The Morgan fingerprint density at radius 3 is 2.64 bits per heavy atom. The minimum atomic E-state index is -0.210. The molecule has 0 atom stereocenters. The van der Waals surface area contributed by atoms with Crippen LogP contribution in [-0.2, 0) is 6.54 Å². The molecule has 0 radical (unpaired) electrons. The van der Waals surface area contributed by atoms with E-state index >= 15 is 0 Å². The highest BCUT2D eigenvalue weighted by atomic mass is 32.1. The Morgan fingerprint density at radius 1 is 1.05 bits per heavy atom. The number of carbonyl (C=O) groups excluding carboxylic acids is 2. The lowest BCUT2D eigenvalue weighted by Gasteiger charge is -2.09. The SMILES string of the molecule is Cc1ccc(C(=O)CC2CC2)cc1Nc1nc(-c2cccc(OCCN)c2)c(C(=O)NCc2ccccc2)s1. The number of benzene rings is 3. The molecule has 39 heavy (non-hydrogen) atoms. The monoisotopic (exact) mass is 540 g/mol. The fraction of sp³-hybridized carbons (Fsp3) is 0.258. The van der Waals surface area contributed by atoms with E-state index < -0.39 is 0 Å². The minimum absolute atomic E-state index is 0.163. The molecule has 1 amide bonds. The zero-order valence-corrected chi connectivity index (χ0v) is 22.7. The molecule has 0 aliphatic heterocycles. The highest BCUT2D eigenvalue weighted by Gasteiger charge is 2.25. The number of ether oxygens (including phenoxy) is 1. The Morgan fingerprint density at radius 2 is 1.87 bits per heavy atom. The van der Waals surface area contributed by atoms with Gasteiger partial charge in [-0.25, -0.2) is 4.98 Å². The van der Waals surface area contributed by atoms with E-state index in [2.05, 4.69) is 10.6 Å². The predicted molar refractivity (Wildman–Crippen MR) is 156 cm³/mol. The summed E-state index contributed by atoms with van der Waals surface area (Å²) in [5, 5.41) is 6.96. The van der Waals surface area contributed by atoms with Crippen LogP contribution in [0, 0.1) is 12.8 Å². The smallest absolute Gasteiger partial charge is 0.264 e. The van der Waals surface area contributed by atoms with E-state index in [1.807, 2.05) is 79.7 Å². The molecule has 1 aromatic heterocycles. The summed E-state index contributed by atoms with van der Waals surface area (Å²) in [7, 11) is 0. The first-order valence-corrected chi connectivity index (χ1v) is 14.0. The maximum atomic E-state index is 13.4. The van der Waals surface area contributed by atoms with Crippen LogP contribution in [0.3, 0.4) is 0 Å². The Hall–Kier alpha value is -4.01. The highest BCUT2D eigenvalue weighted by molar-refractivity contribution is 7.18. The molecule has 1 saturated carbocycles. The van der Waals surface area contributed by atoms with Crippen LogP contribution < -0.4 is 21.1 Å². The van der Waals surface area contributed by atoms with Crippen LogP contribution in [0.2, 0.25) is 0 Å². The van der Waals surface area contributed by atoms with Crippen LogP contribution in [0.4, 0.5) is 10.8 Å². The normalized spacial score (nSPS) is 12.7. The van der Waals surface area contributed by atoms with Gasteiger partial charge < -0.3 is 21.1 Å². The molecular formula is C31H32N4O3S. The van der Waals surface area contributed by atoms with Gasteiger partial charge >= 0.3 is 0 Å². The topological polar surface area (TPSA) is 106 Å². The van der Waals surface area contributed by atoms with Gasteiger partial charge in [-0.1, -0.05) is 65.9 Å². The third-order valence-corrected chi connectivity index (χ3v) is 7.57. The fourth-order valence-electron chi connectivity index (χ4n) is 4.24. The molecule has 0 unspecified atom stereocenters. The van der Waals surface area contributed by atoms with Crippen molar-refractivity contribution in [1.29, 1.82) is 0 Å². The van der Waals surface area contributed by atoms with Crippen molar-refractivity contribution < 1.29 is 14.3 Å². The van der Waals surface area contributed by atoms with Gasteiger partial charge in [0, 0.05) is 36.3 Å². The van der Waals surface area contributed by atoms with Gasteiger partial charge in [0.05, 0.1) is 5.69 Å². The number of rotatable bonds is 12. The van der Waals surface area contributed by atoms with Gasteiger partial charge in [-0.05, 0) is 55.0 Å². The van der Waals surface area contributed by atoms with E-state index in [-0.39, 0.29) is 11.7 Å². The van der Waals surface area contributed by atoms with Crippen LogP contribution in [0.25, 0.3) is 11.3 Å². The summed E-state index contributed by atoms with van der Waals surface area (Å²) in [6, 6.07) is 23.0. The molecule has 3 aromatic carbocycles. The summed E-state index contributed by atoms with van der Waals surface area (Å²) in [5.74, 6) is 1.14. The Balaban J connectivity index is 1.44. The van der Waals surface area contributed by atoms with Crippen LogP contribution in [0.15, 0.2) is 72.8 Å². The number of hydrogen-bond donors (Lipinski definition) is 3. The van der Waals surface area contributed by atoms with Crippen molar-refractivity contribution in [2.24, 2.45) is 11.7 Å². The second kappa shape index (κ2) is 12.2. The molecule has 0 saturated heterocycles. The number of amides is 1. The van der Waals surface area contributed by atoms with Gasteiger partial charge in [0.15, 0.2) is 10.9 Å². The number of carbonyl (C=O) groups is 2. The van der Waals surface area contributed by atoms with Gasteiger partial charge in [-0.3, -0.25) is 9.59 Å². The summed E-state index contributed by atoms with van der Waals surface area (Å²) in [5.41, 5.74) is 10.4. The van der Waals surface area contributed by atoms with E-state index in [0.717, 1.165) is 35.2 Å².